The number of anilines is 1. The van der Waals surface area contributed by atoms with Crippen molar-refractivity contribution in [2.45, 2.75) is 33.2 Å². The second-order valence-corrected chi connectivity index (χ2v) is 6.34. The fraction of sp³-hybridized carbons (Fsp3) is 0.333. The molecular formula is C21H26N2O2. The van der Waals surface area contributed by atoms with E-state index in [-0.39, 0.29) is 11.7 Å². The second-order valence-electron chi connectivity index (χ2n) is 6.34. The van der Waals surface area contributed by atoms with Gasteiger partial charge in [-0.05, 0) is 55.8 Å². The van der Waals surface area contributed by atoms with E-state index >= 15 is 0 Å². The number of nitrogens with one attached hydrogen (secondary N) is 1. The summed E-state index contributed by atoms with van der Waals surface area (Å²) in [6, 6.07) is 15.6. The molecule has 0 aromatic heterocycles. The van der Waals surface area contributed by atoms with E-state index in [0.717, 1.165) is 13.0 Å². The fourth-order valence-electron chi connectivity index (χ4n) is 2.58. The molecule has 1 amide bonds. The minimum Gasteiger partial charge on any atom is -0.326 e. The summed E-state index contributed by atoms with van der Waals surface area (Å²) in [5.74, 6) is -0.00442. The summed E-state index contributed by atoms with van der Waals surface area (Å²) < 4.78 is 0. The molecule has 0 atom stereocenters. The highest BCUT2D eigenvalue weighted by Gasteiger charge is 2.07. The van der Waals surface area contributed by atoms with Crippen LogP contribution in [0.25, 0.3) is 0 Å². The number of benzene rings is 2. The number of hydrogen-bond acceptors (Lipinski definition) is 3. The normalized spacial score (nSPS) is 10.7. The Morgan fingerprint density at radius 2 is 1.56 bits per heavy atom. The molecule has 0 aliphatic heterocycles. The molecule has 0 unspecified atom stereocenters. The maximum Gasteiger partial charge on any atom is 0.225 e. The molecular weight excluding hydrogens is 312 g/mol. The average molecular weight is 338 g/mol. The van der Waals surface area contributed by atoms with Crippen molar-refractivity contribution in [1.82, 2.24) is 4.90 Å². The van der Waals surface area contributed by atoms with Crippen molar-refractivity contribution in [2.24, 2.45) is 0 Å². The zero-order valence-electron chi connectivity index (χ0n) is 15.2. The first-order chi connectivity index (χ1) is 12.0. The van der Waals surface area contributed by atoms with E-state index in [2.05, 4.69) is 41.4 Å². The van der Waals surface area contributed by atoms with Gasteiger partial charge in [-0.15, -0.1) is 0 Å². The zero-order valence-corrected chi connectivity index (χ0v) is 15.2. The summed E-state index contributed by atoms with van der Waals surface area (Å²) in [6.45, 7) is 5.18. The van der Waals surface area contributed by atoms with Crippen molar-refractivity contribution >= 4 is 17.4 Å². The van der Waals surface area contributed by atoms with Crippen LogP contribution in [0.4, 0.5) is 5.69 Å². The van der Waals surface area contributed by atoms with E-state index in [9.17, 15) is 9.59 Å². The number of rotatable bonds is 8. The predicted molar refractivity (Wildman–Crippen MR) is 102 cm³/mol. The van der Waals surface area contributed by atoms with Gasteiger partial charge in [0.2, 0.25) is 5.91 Å². The largest absolute Gasteiger partial charge is 0.326 e. The van der Waals surface area contributed by atoms with Crippen LogP contribution < -0.4 is 5.32 Å². The third kappa shape index (κ3) is 6.16. The molecule has 2 aromatic rings. The van der Waals surface area contributed by atoms with Crippen molar-refractivity contribution in [3.05, 3.63) is 65.2 Å². The molecule has 25 heavy (non-hydrogen) atoms. The van der Waals surface area contributed by atoms with E-state index in [0.29, 0.717) is 24.2 Å². The highest BCUT2D eigenvalue weighted by Crippen LogP contribution is 2.11. The third-order valence-corrected chi connectivity index (χ3v) is 4.18. The molecule has 2 rings (SSSR count). The van der Waals surface area contributed by atoms with Crippen LogP contribution in [0.5, 0.6) is 0 Å². The molecule has 0 saturated heterocycles. The van der Waals surface area contributed by atoms with Gasteiger partial charge < -0.3 is 10.2 Å². The minimum absolute atomic E-state index is 0.0199. The molecule has 132 valence electrons. The van der Waals surface area contributed by atoms with E-state index in [1.54, 1.807) is 24.3 Å². The highest BCUT2D eigenvalue weighted by molar-refractivity contribution is 5.95. The van der Waals surface area contributed by atoms with Crippen LogP contribution >= 0.6 is 0 Å². The molecule has 2 aromatic carbocycles. The summed E-state index contributed by atoms with van der Waals surface area (Å²) >= 11 is 0. The lowest BCUT2D eigenvalue weighted by Gasteiger charge is -2.16. The lowest BCUT2D eigenvalue weighted by molar-refractivity contribution is -0.116. The first-order valence-corrected chi connectivity index (χ1v) is 8.65. The molecule has 0 heterocycles. The number of amides is 1. The summed E-state index contributed by atoms with van der Waals surface area (Å²) in [4.78, 5) is 25.5. The molecule has 0 aliphatic rings. The molecule has 0 aliphatic carbocycles. The van der Waals surface area contributed by atoms with Crippen molar-refractivity contribution in [1.29, 1.82) is 0 Å². The molecule has 0 saturated carbocycles. The van der Waals surface area contributed by atoms with Gasteiger partial charge in [-0.1, -0.05) is 31.2 Å². The van der Waals surface area contributed by atoms with Crippen LogP contribution in [0.3, 0.4) is 0 Å². The SMILES string of the molecule is CCc1ccc(CN(C)CCC(=O)Nc2ccc(C(C)=O)cc2)cc1. The van der Waals surface area contributed by atoms with Gasteiger partial charge in [0, 0.05) is 30.8 Å². The van der Waals surface area contributed by atoms with Crippen LogP contribution in [0.1, 0.15) is 41.8 Å². The van der Waals surface area contributed by atoms with E-state index in [4.69, 9.17) is 0 Å². The van der Waals surface area contributed by atoms with E-state index in [1.165, 1.54) is 18.1 Å². The molecule has 0 spiro atoms. The van der Waals surface area contributed by atoms with Gasteiger partial charge in [-0.2, -0.15) is 0 Å². The highest BCUT2D eigenvalue weighted by atomic mass is 16.1. The number of carbonyl (C=O) groups is 2. The minimum atomic E-state index is -0.0243. The third-order valence-electron chi connectivity index (χ3n) is 4.18. The zero-order chi connectivity index (χ0) is 18.2. The lowest BCUT2D eigenvalue weighted by Crippen LogP contribution is -2.24. The number of nitrogens with zero attached hydrogens (tertiary/aromatic N) is 1. The quantitative estimate of drug-likeness (QED) is 0.742. The van der Waals surface area contributed by atoms with Crippen molar-refractivity contribution in [3.8, 4) is 0 Å². The molecule has 0 fully saturated rings. The monoisotopic (exact) mass is 338 g/mol. The van der Waals surface area contributed by atoms with Crippen LogP contribution in [0.15, 0.2) is 48.5 Å². The van der Waals surface area contributed by atoms with Gasteiger partial charge in [-0.3, -0.25) is 9.59 Å². The Balaban J connectivity index is 1.77. The Labute approximate surface area is 149 Å². The smallest absolute Gasteiger partial charge is 0.225 e. The van der Waals surface area contributed by atoms with E-state index < -0.39 is 0 Å². The number of Topliss-reactive ketones (excluding diaryl/α,β-unsaturated/α-hetero) is 1. The van der Waals surface area contributed by atoms with Crippen molar-refractivity contribution in [2.75, 3.05) is 18.9 Å². The van der Waals surface area contributed by atoms with Gasteiger partial charge in [0.25, 0.3) is 0 Å². The Bertz CT molecular complexity index is 706. The number of carbonyl (C=O) groups excluding carboxylic acids is 2. The standard InChI is InChI=1S/C21H26N2O2/c1-4-17-5-7-18(8-6-17)15-23(3)14-13-21(25)22-20-11-9-19(10-12-20)16(2)24/h5-12H,4,13-15H2,1-3H3,(H,22,25). The predicted octanol–water partition coefficient (Wildman–Crippen LogP) is 3.91. The first-order valence-electron chi connectivity index (χ1n) is 8.65. The van der Waals surface area contributed by atoms with Crippen LogP contribution in [-0.2, 0) is 17.8 Å². The van der Waals surface area contributed by atoms with Crippen LogP contribution in [-0.4, -0.2) is 30.2 Å². The Kier molecular flexibility index (Phi) is 6.90. The van der Waals surface area contributed by atoms with Gasteiger partial charge in [-0.25, -0.2) is 0 Å². The van der Waals surface area contributed by atoms with Gasteiger partial charge in [0.05, 0.1) is 0 Å². The average Bonchev–Trinajstić information content (AvgIpc) is 2.61. The van der Waals surface area contributed by atoms with Gasteiger partial charge >= 0.3 is 0 Å². The molecule has 1 N–H and O–H groups in total. The maximum atomic E-state index is 12.1. The van der Waals surface area contributed by atoms with Crippen LogP contribution in [0.2, 0.25) is 0 Å². The van der Waals surface area contributed by atoms with E-state index in [1.807, 2.05) is 7.05 Å². The number of ketones is 1. The summed E-state index contributed by atoms with van der Waals surface area (Å²) in [7, 11) is 2.02. The maximum absolute atomic E-state index is 12.1. The Morgan fingerprint density at radius 3 is 2.12 bits per heavy atom. The van der Waals surface area contributed by atoms with Crippen molar-refractivity contribution < 1.29 is 9.59 Å². The number of aryl methyl sites for hydroxylation is 1. The topological polar surface area (TPSA) is 49.4 Å². The Hall–Kier alpha value is -2.46. The fourth-order valence-corrected chi connectivity index (χ4v) is 2.58. The second kappa shape index (κ2) is 9.14. The Morgan fingerprint density at radius 1 is 0.960 bits per heavy atom. The summed E-state index contributed by atoms with van der Waals surface area (Å²) in [6.07, 6.45) is 1.47. The van der Waals surface area contributed by atoms with Gasteiger partial charge in [0.1, 0.15) is 0 Å². The molecule has 0 radical (unpaired) electrons. The molecule has 4 nitrogen and oxygen atoms in total. The van der Waals surface area contributed by atoms with Crippen LogP contribution in [0, 0.1) is 0 Å². The summed E-state index contributed by atoms with van der Waals surface area (Å²) in [5, 5.41) is 2.87. The first kappa shape index (κ1) is 18.9. The molecule has 4 heteroatoms. The van der Waals surface area contributed by atoms with Gasteiger partial charge in [0.15, 0.2) is 5.78 Å². The summed E-state index contributed by atoms with van der Waals surface area (Å²) in [5.41, 5.74) is 3.95. The molecule has 0 bridgehead atoms. The van der Waals surface area contributed by atoms with Crippen molar-refractivity contribution in [3.63, 3.8) is 0 Å². The number of hydrogen-bond donors (Lipinski definition) is 1. The lowest BCUT2D eigenvalue weighted by atomic mass is 10.1.